The maximum Gasteiger partial charge on any atom is 0.162 e. The molecule has 1 aromatic rings. The van der Waals surface area contributed by atoms with Crippen molar-refractivity contribution in [2.75, 3.05) is 6.26 Å². The van der Waals surface area contributed by atoms with E-state index < -0.39 is 25.0 Å². The molecule has 15 heavy (non-hydrogen) atoms. The minimum Gasteiger partial charge on any atom is -0.386 e. The summed E-state index contributed by atoms with van der Waals surface area (Å²) in [6, 6.07) is 5.11. The van der Waals surface area contributed by atoms with Gasteiger partial charge in [0.1, 0.15) is 15.2 Å². The number of halogens is 2. The van der Waals surface area contributed by atoms with Gasteiger partial charge in [0.05, 0.1) is 0 Å². The molecular weight excluding hydrogens is 334 g/mol. The van der Waals surface area contributed by atoms with Crippen LogP contribution in [0.25, 0.3) is 0 Å². The van der Waals surface area contributed by atoms with Crippen LogP contribution in [0.3, 0.4) is 0 Å². The Morgan fingerprint density at radius 1 is 1.33 bits per heavy atom. The summed E-state index contributed by atoms with van der Waals surface area (Å²) in [7, 11) is -3.32. The third-order valence-electron chi connectivity index (χ3n) is 1.87. The van der Waals surface area contributed by atoms with Crippen molar-refractivity contribution in [2.45, 2.75) is 9.36 Å². The highest BCUT2D eigenvalue weighted by Crippen LogP contribution is 2.26. The zero-order valence-electron chi connectivity index (χ0n) is 7.89. The SMILES string of the molecule is CS(=O)(=O)[C@@H](I)[C@H](O)c1ccc(F)cc1. The Hall–Kier alpha value is -0.210. The summed E-state index contributed by atoms with van der Waals surface area (Å²) in [5.41, 5.74) is 0.390. The van der Waals surface area contributed by atoms with Crippen molar-refractivity contribution < 1.29 is 17.9 Å². The first-order valence-corrected chi connectivity index (χ1v) is 7.29. The van der Waals surface area contributed by atoms with Crippen LogP contribution < -0.4 is 0 Å². The molecular formula is C9H10FIO3S. The highest BCUT2D eigenvalue weighted by molar-refractivity contribution is 14.1. The van der Waals surface area contributed by atoms with Crippen LogP contribution in [0.4, 0.5) is 4.39 Å². The fourth-order valence-corrected chi connectivity index (χ4v) is 2.09. The van der Waals surface area contributed by atoms with E-state index in [1.54, 1.807) is 22.6 Å². The first-order chi connectivity index (χ1) is 6.82. The standard InChI is InChI=1S/C9H10FIO3S/c1-15(13,14)9(11)8(12)6-2-4-7(10)5-3-6/h2-5,8-9,12H,1H3/t8-,9-/m1/s1. The lowest BCUT2D eigenvalue weighted by Crippen LogP contribution is -2.21. The van der Waals surface area contributed by atoms with Gasteiger partial charge in [0.25, 0.3) is 0 Å². The average Bonchev–Trinajstić information content (AvgIpc) is 2.15. The van der Waals surface area contributed by atoms with Crippen LogP contribution >= 0.6 is 22.6 Å². The van der Waals surface area contributed by atoms with Crippen molar-refractivity contribution in [3.05, 3.63) is 35.6 Å². The predicted octanol–water partition coefficient (Wildman–Crippen LogP) is 1.66. The van der Waals surface area contributed by atoms with E-state index in [2.05, 4.69) is 0 Å². The van der Waals surface area contributed by atoms with Crippen molar-refractivity contribution in [3.63, 3.8) is 0 Å². The van der Waals surface area contributed by atoms with Crippen LogP contribution in [0.2, 0.25) is 0 Å². The summed E-state index contributed by atoms with van der Waals surface area (Å²) in [5.74, 6) is -0.421. The molecule has 0 unspecified atom stereocenters. The Morgan fingerprint density at radius 2 is 1.80 bits per heavy atom. The number of aliphatic hydroxyl groups is 1. The molecule has 0 aliphatic heterocycles. The number of rotatable bonds is 3. The molecule has 0 radical (unpaired) electrons. The van der Waals surface area contributed by atoms with Gasteiger partial charge in [-0.2, -0.15) is 0 Å². The number of hydrogen-bond donors (Lipinski definition) is 1. The molecule has 0 fully saturated rings. The first-order valence-electron chi connectivity index (χ1n) is 4.09. The fraction of sp³-hybridized carbons (Fsp3) is 0.333. The van der Waals surface area contributed by atoms with Crippen LogP contribution in [0.1, 0.15) is 11.7 Å². The highest BCUT2D eigenvalue weighted by Gasteiger charge is 2.26. The van der Waals surface area contributed by atoms with Crippen molar-refractivity contribution in [1.82, 2.24) is 0 Å². The topological polar surface area (TPSA) is 54.4 Å². The molecule has 0 aliphatic rings. The van der Waals surface area contributed by atoms with Gasteiger partial charge in [-0.25, -0.2) is 12.8 Å². The van der Waals surface area contributed by atoms with Gasteiger partial charge in [0.2, 0.25) is 0 Å². The molecule has 0 aromatic heterocycles. The van der Waals surface area contributed by atoms with Crippen molar-refractivity contribution in [2.24, 2.45) is 0 Å². The van der Waals surface area contributed by atoms with Gasteiger partial charge in [-0.05, 0) is 17.7 Å². The van der Waals surface area contributed by atoms with Gasteiger partial charge >= 0.3 is 0 Å². The minimum absolute atomic E-state index is 0.390. The van der Waals surface area contributed by atoms with E-state index in [1.807, 2.05) is 0 Å². The van der Waals surface area contributed by atoms with E-state index in [0.717, 1.165) is 6.26 Å². The predicted molar refractivity (Wildman–Crippen MR) is 64.0 cm³/mol. The zero-order chi connectivity index (χ0) is 11.6. The van der Waals surface area contributed by atoms with Crippen molar-refractivity contribution in [3.8, 4) is 0 Å². The zero-order valence-corrected chi connectivity index (χ0v) is 10.9. The quantitative estimate of drug-likeness (QED) is 0.670. The summed E-state index contributed by atoms with van der Waals surface area (Å²) in [6.07, 6.45) is -0.0853. The van der Waals surface area contributed by atoms with E-state index in [-0.39, 0.29) is 0 Å². The lowest BCUT2D eigenvalue weighted by atomic mass is 10.1. The minimum atomic E-state index is -3.32. The normalized spacial score (nSPS) is 16.0. The largest absolute Gasteiger partial charge is 0.386 e. The van der Waals surface area contributed by atoms with E-state index >= 15 is 0 Å². The molecule has 1 N–H and O–H groups in total. The second-order valence-electron chi connectivity index (χ2n) is 3.18. The molecule has 6 heteroatoms. The molecule has 0 spiro atoms. The Labute approximate surface area is 101 Å². The molecule has 0 heterocycles. The molecule has 84 valence electrons. The Kier molecular flexibility index (Phi) is 4.07. The van der Waals surface area contributed by atoms with Crippen LogP contribution in [0.15, 0.2) is 24.3 Å². The molecule has 0 amide bonds. The van der Waals surface area contributed by atoms with Crippen LogP contribution in [0.5, 0.6) is 0 Å². The van der Waals surface area contributed by atoms with E-state index in [9.17, 15) is 17.9 Å². The molecule has 3 nitrogen and oxygen atoms in total. The summed E-state index contributed by atoms with van der Waals surface area (Å²) in [4.78, 5) is 0. The summed E-state index contributed by atoms with van der Waals surface area (Å²) in [5, 5.41) is 9.71. The first kappa shape index (κ1) is 12.9. The number of alkyl halides is 1. The highest BCUT2D eigenvalue weighted by atomic mass is 127. The van der Waals surface area contributed by atoms with Crippen molar-refractivity contribution in [1.29, 1.82) is 0 Å². The molecule has 2 atom stereocenters. The third kappa shape index (κ3) is 3.39. The summed E-state index contributed by atoms with van der Waals surface area (Å²) < 4.78 is 34.0. The van der Waals surface area contributed by atoms with E-state index in [4.69, 9.17) is 0 Å². The monoisotopic (exact) mass is 344 g/mol. The van der Waals surface area contributed by atoms with Crippen molar-refractivity contribution >= 4 is 32.4 Å². The molecule has 1 aromatic carbocycles. The number of aliphatic hydroxyl groups excluding tert-OH is 1. The van der Waals surface area contributed by atoms with E-state index in [1.165, 1.54) is 24.3 Å². The second kappa shape index (κ2) is 4.75. The lowest BCUT2D eigenvalue weighted by Gasteiger charge is -2.15. The third-order valence-corrected chi connectivity index (χ3v) is 6.40. The van der Waals surface area contributed by atoms with Crippen LogP contribution in [-0.4, -0.2) is 23.0 Å². The average molecular weight is 344 g/mol. The number of sulfone groups is 1. The second-order valence-corrected chi connectivity index (χ2v) is 7.53. The molecule has 0 saturated carbocycles. The van der Waals surface area contributed by atoms with Gasteiger partial charge in [-0.1, -0.05) is 34.7 Å². The van der Waals surface area contributed by atoms with E-state index in [0.29, 0.717) is 5.56 Å². The smallest absolute Gasteiger partial charge is 0.162 e. The Bertz CT molecular complexity index is 429. The molecule has 1 rings (SSSR count). The maximum absolute atomic E-state index is 12.6. The summed E-state index contributed by atoms with van der Waals surface area (Å²) in [6.45, 7) is 0. The fourth-order valence-electron chi connectivity index (χ4n) is 1.05. The number of hydrogen-bond acceptors (Lipinski definition) is 3. The van der Waals surface area contributed by atoms with Crippen LogP contribution in [-0.2, 0) is 9.84 Å². The lowest BCUT2D eigenvalue weighted by molar-refractivity contribution is 0.197. The van der Waals surface area contributed by atoms with Gasteiger partial charge in [-0.3, -0.25) is 0 Å². The van der Waals surface area contributed by atoms with Gasteiger partial charge < -0.3 is 5.11 Å². The summed E-state index contributed by atoms with van der Waals surface area (Å²) >= 11 is 1.65. The van der Waals surface area contributed by atoms with Gasteiger partial charge in [-0.15, -0.1) is 0 Å². The maximum atomic E-state index is 12.6. The Morgan fingerprint density at radius 3 is 2.20 bits per heavy atom. The molecule has 0 aliphatic carbocycles. The molecule has 0 saturated heterocycles. The van der Waals surface area contributed by atoms with Gasteiger partial charge in [0, 0.05) is 6.26 Å². The van der Waals surface area contributed by atoms with Crippen LogP contribution in [0, 0.1) is 5.82 Å². The number of benzene rings is 1. The Balaban J connectivity index is 2.95. The van der Waals surface area contributed by atoms with Gasteiger partial charge in [0.15, 0.2) is 9.84 Å². The molecule has 0 bridgehead atoms.